The third kappa shape index (κ3) is 11.9. The lowest BCUT2D eigenvalue weighted by Gasteiger charge is -2.17. The number of hydrogen-bond donors (Lipinski definition) is 0. The highest BCUT2D eigenvalue weighted by Crippen LogP contribution is 2.05. The Bertz CT molecular complexity index is 182. The molecule has 0 aromatic rings. The van der Waals surface area contributed by atoms with Crippen LogP contribution in [0.3, 0.4) is 0 Å². The smallest absolute Gasteiger partial charge is 0.305 e. The van der Waals surface area contributed by atoms with Gasteiger partial charge in [0.15, 0.2) is 0 Å². The highest BCUT2D eigenvalue weighted by Gasteiger charge is 2.04. The van der Waals surface area contributed by atoms with Gasteiger partial charge < -0.3 is 15.1 Å². The lowest BCUT2D eigenvalue weighted by molar-refractivity contribution is -0.144. The summed E-state index contributed by atoms with van der Waals surface area (Å²) >= 11 is 0. The van der Waals surface area contributed by atoms with Crippen LogP contribution in [-0.4, -0.2) is 42.6 Å². The molecule has 0 heterocycles. The predicted octanol–water partition coefficient (Wildman–Crippen LogP) is 2.41. The molecule has 0 amide bonds. The molecule has 0 unspecified atom stereocenters. The standard InChI is InChI=1S/C14H29NO2.H2O/c1-4-7-8-9-10-11-14(16)17-13-12-15(5-2)6-3;/h4-13H2,1-3H3;1H2. The van der Waals surface area contributed by atoms with Crippen molar-refractivity contribution in [3.8, 4) is 0 Å². The largest absolute Gasteiger partial charge is 0.464 e. The van der Waals surface area contributed by atoms with Crippen molar-refractivity contribution in [2.24, 2.45) is 0 Å². The molecule has 0 rings (SSSR count). The summed E-state index contributed by atoms with van der Waals surface area (Å²) in [6, 6.07) is 0. The van der Waals surface area contributed by atoms with E-state index in [9.17, 15) is 4.79 Å². The van der Waals surface area contributed by atoms with Crippen LogP contribution < -0.4 is 0 Å². The predicted molar refractivity (Wildman–Crippen MR) is 75.7 cm³/mol. The average molecular weight is 261 g/mol. The van der Waals surface area contributed by atoms with E-state index >= 15 is 0 Å². The zero-order valence-electron chi connectivity index (χ0n) is 12.3. The number of carbonyl (C=O) groups is 1. The van der Waals surface area contributed by atoms with Crippen molar-refractivity contribution in [3.63, 3.8) is 0 Å². The van der Waals surface area contributed by atoms with Crippen molar-refractivity contribution in [2.75, 3.05) is 26.2 Å². The maximum atomic E-state index is 11.4. The Balaban J connectivity index is 0. The van der Waals surface area contributed by atoms with E-state index in [4.69, 9.17) is 4.74 Å². The van der Waals surface area contributed by atoms with Crippen LogP contribution in [0.4, 0.5) is 0 Å². The van der Waals surface area contributed by atoms with Crippen molar-refractivity contribution >= 4 is 5.97 Å². The molecule has 0 aromatic carbocycles. The summed E-state index contributed by atoms with van der Waals surface area (Å²) in [5.41, 5.74) is 0. The molecule has 110 valence electrons. The van der Waals surface area contributed by atoms with Crippen LogP contribution in [0.2, 0.25) is 0 Å². The van der Waals surface area contributed by atoms with Crippen LogP contribution in [0.1, 0.15) is 59.3 Å². The normalized spacial score (nSPS) is 10.2. The second kappa shape index (κ2) is 14.5. The molecule has 0 aliphatic heterocycles. The van der Waals surface area contributed by atoms with E-state index in [0.717, 1.165) is 32.5 Å². The first kappa shape index (κ1) is 19.7. The number of nitrogens with zero attached hydrogens (tertiary/aromatic N) is 1. The van der Waals surface area contributed by atoms with Gasteiger partial charge in [-0.3, -0.25) is 4.79 Å². The molecular weight excluding hydrogens is 230 g/mol. The van der Waals surface area contributed by atoms with Crippen LogP contribution in [0, 0.1) is 0 Å². The van der Waals surface area contributed by atoms with E-state index in [-0.39, 0.29) is 11.4 Å². The van der Waals surface area contributed by atoms with Gasteiger partial charge in [-0.2, -0.15) is 0 Å². The van der Waals surface area contributed by atoms with E-state index in [0.29, 0.717) is 13.0 Å². The maximum Gasteiger partial charge on any atom is 0.305 e. The third-order valence-corrected chi connectivity index (χ3v) is 3.05. The zero-order valence-corrected chi connectivity index (χ0v) is 12.3. The van der Waals surface area contributed by atoms with Gasteiger partial charge >= 0.3 is 5.97 Å². The summed E-state index contributed by atoms with van der Waals surface area (Å²) in [4.78, 5) is 13.7. The summed E-state index contributed by atoms with van der Waals surface area (Å²) in [5.74, 6) is -0.0337. The van der Waals surface area contributed by atoms with Crippen LogP contribution >= 0.6 is 0 Å². The van der Waals surface area contributed by atoms with E-state index < -0.39 is 0 Å². The van der Waals surface area contributed by atoms with Gasteiger partial charge in [0.2, 0.25) is 0 Å². The molecule has 0 aliphatic rings. The fourth-order valence-corrected chi connectivity index (χ4v) is 1.77. The van der Waals surface area contributed by atoms with Crippen molar-refractivity contribution in [2.45, 2.75) is 59.3 Å². The molecule has 0 bridgehead atoms. The monoisotopic (exact) mass is 261 g/mol. The molecule has 0 aromatic heterocycles. The van der Waals surface area contributed by atoms with E-state index in [1.807, 2.05) is 0 Å². The minimum atomic E-state index is -0.0337. The van der Waals surface area contributed by atoms with Crippen molar-refractivity contribution in [1.82, 2.24) is 4.90 Å². The van der Waals surface area contributed by atoms with Gasteiger partial charge in [0.1, 0.15) is 6.61 Å². The molecule has 0 fully saturated rings. The molecule has 4 heteroatoms. The third-order valence-electron chi connectivity index (χ3n) is 3.05. The summed E-state index contributed by atoms with van der Waals surface area (Å²) in [6.45, 7) is 9.87. The van der Waals surface area contributed by atoms with Crippen molar-refractivity contribution in [3.05, 3.63) is 0 Å². The fourth-order valence-electron chi connectivity index (χ4n) is 1.77. The lowest BCUT2D eigenvalue weighted by Crippen LogP contribution is -2.27. The Labute approximate surface area is 112 Å². The van der Waals surface area contributed by atoms with Crippen molar-refractivity contribution < 1.29 is 15.0 Å². The zero-order chi connectivity index (χ0) is 12.9. The number of unbranched alkanes of at least 4 members (excludes halogenated alkanes) is 4. The summed E-state index contributed by atoms with van der Waals surface area (Å²) in [6.07, 6.45) is 6.47. The average Bonchev–Trinajstić information content (AvgIpc) is 2.34. The van der Waals surface area contributed by atoms with Crippen LogP contribution in [0.5, 0.6) is 0 Å². The molecule has 0 spiro atoms. The molecule has 0 saturated carbocycles. The molecule has 2 N–H and O–H groups in total. The molecule has 4 nitrogen and oxygen atoms in total. The fraction of sp³-hybridized carbons (Fsp3) is 0.929. The number of hydrogen-bond acceptors (Lipinski definition) is 3. The number of ether oxygens (including phenoxy) is 1. The number of carbonyl (C=O) groups excluding carboxylic acids is 1. The SMILES string of the molecule is CCCCCCCC(=O)OCCN(CC)CC.O. The minimum absolute atomic E-state index is 0. The number of rotatable bonds is 11. The van der Waals surface area contributed by atoms with E-state index in [1.54, 1.807) is 0 Å². The Hall–Kier alpha value is -0.610. The van der Waals surface area contributed by atoms with Gasteiger partial charge in [-0.05, 0) is 19.5 Å². The van der Waals surface area contributed by atoms with Crippen LogP contribution in [-0.2, 0) is 9.53 Å². The van der Waals surface area contributed by atoms with E-state index in [1.165, 1.54) is 19.3 Å². The summed E-state index contributed by atoms with van der Waals surface area (Å²) in [7, 11) is 0. The Morgan fingerprint density at radius 3 is 2.17 bits per heavy atom. The quantitative estimate of drug-likeness (QED) is 0.424. The Morgan fingerprint density at radius 2 is 1.61 bits per heavy atom. The number of esters is 1. The van der Waals surface area contributed by atoms with E-state index in [2.05, 4.69) is 25.7 Å². The first-order chi connectivity index (χ1) is 8.24. The molecule has 18 heavy (non-hydrogen) atoms. The van der Waals surface area contributed by atoms with Gasteiger partial charge in [0.25, 0.3) is 0 Å². The second-order valence-corrected chi connectivity index (χ2v) is 4.41. The van der Waals surface area contributed by atoms with Crippen molar-refractivity contribution in [1.29, 1.82) is 0 Å². The molecule has 0 saturated heterocycles. The van der Waals surface area contributed by atoms with Gasteiger partial charge in [0, 0.05) is 13.0 Å². The van der Waals surface area contributed by atoms with Crippen LogP contribution in [0.15, 0.2) is 0 Å². The first-order valence-corrected chi connectivity index (χ1v) is 7.12. The second-order valence-electron chi connectivity index (χ2n) is 4.41. The molecule has 0 aliphatic carbocycles. The number of likely N-dealkylation sites (N-methyl/N-ethyl adjacent to an activating group) is 1. The molecule has 0 radical (unpaired) electrons. The topological polar surface area (TPSA) is 61.0 Å². The molecular formula is C14H31NO3. The van der Waals surface area contributed by atoms with Gasteiger partial charge in [-0.15, -0.1) is 0 Å². The van der Waals surface area contributed by atoms with Gasteiger partial charge in [-0.25, -0.2) is 0 Å². The Morgan fingerprint density at radius 1 is 1.00 bits per heavy atom. The van der Waals surface area contributed by atoms with Crippen LogP contribution in [0.25, 0.3) is 0 Å². The Kier molecular flexibility index (Phi) is 15.8. The maximum absolute atomic E-state index is 11.4. The first-order valence-electron chi connectivity index (χ1n) is 7.12. The summed E-state index contributed by atoms with van der Waals surface area (Å²) < 4.78 is 5.20. The minimum Gasteiger partial charge on any atom is -0.464 e. The van der Waals surface area contributed by atoms with Gasteiger partial charge in [0.05, 0.1) is 0 Å². The lowest BCUT2D eigenvalue weighted by atomic mass is 10.1. The highest BCUT2D eigenvalue weighted by molar-refractivity contribution is 5.69. The summed E-state index contributed by atoms with van der Waals surface area (Å²) in [5, 5.41) is 0. The molecule has 0 atom stereocenters. The van der Waals surface area contributed by atoms with Gasteiger partial charge in [-0.1, -0.05) is 46.5 Å². The highest BCUT2D eigenvalue weighted by atomic mass is 16.5.